The third-order valence-electron chi connectivity index (χ3n) is 2.96. The van der Waals surface area contributed by atoms with Gasteiger partial charge in [-0.1, -0.05) is 0 Å². The first kappa shape index (κ1) is 37.4. The molecule has 0 aliphatic heterocycles. The number of carboxylic acid groups (broad SMARTS) is 4. The molecule has 0 fully saturated rings. The maximum absolute atomic E-state index is 9.96. The van der Waals surface area contributed by atoms with Crippen LogP contribution >= 0.6 is 0 Å². The Morgan fingerprint density at radius 2 is 0.500 bits per heavy atom. The number of aliphatic carboxylic acids is 4. The second-order valence-corrected chi connectivity index (χ2v) is 5.02. The predicted molar refractivity (Wildman–Crippen MR) is 79.6 cm³/mol. The summed E-state index contributed by atoms with van der Waals surface area (Å²) in [7, 11) is 0. The fourth-order valence-corrected chi connectivity index (χ4v) is 1.30. The number of hydrogen-bond donors (Lipinski definition) is 8. The number of hydrogen-bond acceptors (Lipinski definition) is 16. The van der Waals surface area contributed by atoms with Crippen LogP contribution in [0.25, 0.3) is 0 Å². The standard InChI is InChI=1S/2C6H10O8.2Ca/c2*7-1(3(9)5(11)12)2(8)4(10)6(13)14;;/h2*1-4,7-10H,(H,11,12)(H,13,14);;/q;;2*+2/p-4/t2*1-,2-,3-,4+;;/m00../s1. The number of rotatable bonds is 10. The van der Waals surface area contributed by atoms with Crippen LogP contribution in [0.15, 0.2) is 0 Å². The monoisotopic (exact) mass is 496 g/mol. The van der Waals surface area contributed by atoms with Gasteiger partial charge in [0, 0.05) is 0 Å². The van der Waals surface area contributed by atoms with E-state index in [1.165, 1.54) is 0 Å². The van der Waals surface area contributed by atoms with Crippen LogP contribution < -0.4 is 20.4 Å². The van der Waals surface area contributed by atoms with Crippen molar-refractivity contribution in [3.63, 3.8) is 0 Å². The Morgan fingerprint density at radius 1 is 0.400 bits per heavy atom. The molecule has 0 spiro atoms. The van der Waals surface area contributed by atoms with Gasteiger partial charge in [-0.25, -0.2) is 0 Å². The van der Waals surface area contributed by atoms with Gasteiger partial charge in [-0.05, 0) is 0 Å². The number of aliphatic hydroxyl groups is 8. The Kier molecular flexibility index (Phi) is 22.0. The molecule has 0 unspecified atom stereocenters. The minimum atomic E-state index is -2.50. The van der Waals surface area contributed by atoms with E-state index in [0.29, 0.717) is 0 Å². The molecule has 0 aromatic heterocycles. The van der Waals surface area contributed by atoms with Crippen molar-refractivity contribution < 1.29 is 80.5 Å². The zero-order valence-electron chi connectivity index (χ0n) is 14.9. The molecule has 30 heavy (non-hydrogen) atoms. The first-order valence-electron chi connectivity index (χ1n) is 6.85. The van der Waals surface area contributed by atoms with Crippen LogP contribution in [0, 0.1) is 0 Å². The largest absolute Gasteiger partial charge is 2.00 e. The smallest absolute Gasteiger partial charge is 0.547 e. The third-order valence-corrected chi connectivity index (χ3v) is 2.96. The van der Waals surface area contributed by atoms with Gasteiger partial charge in [0.25, 0.3) is 0 Å². The zero-order chi connectivity index (χ0) is 22.9. The molecule has 0 aromatic rings. The number of carbonyl (C=O) groups excluding carboxylic acids is 4. The van der Waals surface area contributed by atoms with Gasteiger partial charge in [-0.3, -0.25) is 0 Å². The van der Waals surface area contributed by atoms with Crippen molar-refractivity contribution in [2.24, 2.45) is 0 Å². The summed E-state index contributed by atoms with van der Waals surface area (Å²) in [5, 5.41) is 109. The summed E-state index contributed by atoms with van der Waals surface area (Å²) in [5.74, 6) is -8.44. The maximum Gasteiger partial charge on any atom is 2.00 e. The first-order valence-corrected chi connectivity index (χ1v) is 6.85. The van der Waals surface area contributed by atoms with Crippen LogP contribution in [0.2, 0.25) is 0 Å². The Hall–Kier alpha value is 0.0795. The molecule has 0 aliphatic rings. The van der Waals surface area contributed by atoms with E-state index in [2.05, 4.69) is 0 Å². The normalized spacial score (nSPS) is 18.1. The van der Waals surface area contributed by atoms with E-state index in [0.717, 1.165) is 0 Å². The second-order valence-electron chi connectivity index (χ2n) is 5.02. The van der Waals surface area contributed by atoms with Gasteiger partial charge in [-0.2, -0.15) is 0 Å². The summed E-state index contributed by atoms with van der Waals surface area (Å²) >= 11 is 0. The molecule has 0 bridgehead atoms. The molecule has 0 saturated carbocycles. The molecule has 0 saturated heterocycles. The molecule has 0 radical (unpaired) electrons. The van der Waals surface area contributed by atoms with E-state index in [9.17, 15) is 39.6 Å². The van der Waals surface area contributed by atoms with Crippen molar-refractivity contribution in [3.05, 3.63) is 0 Å². The first-order chi connectivity index (χ1) is 12.6. The van der Waals surface area contributed by atoms with Gasteiger partial charge in [0.05, 0.1) is 23.9 Å². The predicted octanol–water partition coefficient (Wildman–Crippen LogP) is -12.9. The molecule has 8 N–H and O–H groups in total. The van der Waals surface area contributed by atoms with Crippen molar-refractivity contribution in [3.8, 4) is 0 Å². The van der Waals surface area contributed by atoms with Crippen LogP contribution in [0.4, 0.5) is 0 Å². The molecular weight excluding hydrogens is 480 g/mol. The minimum absolute atomic E-state index is 0. The molecule has 0 aromatic carbocycles. The Labute approximate surface area is 226 Å². The van der Waals surface area contributed by atoms with Gasteiger partial charge >= 0.3 is 75.5 Å². The average molecular weight is 496 g/mol. The van der Waals surface area contributed by atoms with Gasteiger partial charge in [0.2, 0.25) is 0 Å². The van der Waals surface area contributed by atoms with Crippen LogP contribution in [-0.2, 0) is 19.2 Å². The van der Waals surface area contributed by atoms with Gasteiger partial charge in [0.1, 0.15) is 48.8 Å². The molecule has 0 amide bonds. The fourth-order valence-electron chi connectivity index (χ4n) is 1.30. The third kappa shape index (κ3) is 12.8. The average Bonchev–Trinajstić information content (AvgIpc) is 2.62. The Balaban J connectivity index is -0.000000211. The molecular formula is C12H16Ca2O16. The van der Waals surface area contributed by atoms with Crippen LogP contribution in [0.1, 0.15) is 0 Å². The van der Waals surface area contributed by atoms with Gasteiger partial charge < -0.3 is 80.5 Å². The van der Waals surface area contributed by atoms with E-state index in [4.69, 9.17) is 40.9 Å². The topological polar surface area (TPSA) is 322 Å². The summed E-state index contributed by atoms with van der Waals surface area (Å²) in [6, 6.07) is 0. The summed E-state index contributed by atoms with van der Waals surface area (Å²) in [6.45, 7) is 0. The summed E-state index contributed by atoms with van der Waals surface area (Å²) in [4.78, 5) is 39.8. The molecule has 8 atom stereocenters. The Bertz CT molecular complexity index is 462. The van der Waals surface area contributed by atoms with E-state index < -0.39 is 72.7 Å². The second kappa shape index (κ2) is 17.6. The number of carbonyl (C=O) groups is 4. The van der Waals surface area contributed by atoms with Crippen molar-refractivity contribution in [1.82, 2.24) is 0 Å². The summed E-state index contributed by atoms with van der Waals surface area (Å²) < 4.78 is 0. The quantitative estimate of drug-likeness (QED) is 0.130. The SMILES string of the molecule is O=C([O-])[C@@H](O)[C@@H](O)[C@H](O)[C@@H](O)C(=O)[O-].O=C([O-])[C@@H](O)[C@@H](O)[C@H](O)[C@@H](O)C(=O)[O-].[Ca+2].[Ca+2]. The van der Waals surface area contributed by atoms with Crippen molar-refractivity contribution in [2.75, 3.05) is 0 Å². The van der Waals surface area contributed by atoms with E-state index >= 15 is 0 Å². The van der Waals surface area contributed by atoms with E-state index in [1.54, 1.807) is 0 Å². The van der Waals surface area contributed by atoms with Crippen LogP contribution in [0.3, 0.4) is 0 Å². The van der Waals surface area contributed by atoms with E-state index in [1.807, 2.05) is 0 Å². The molecule has 16 nitrogen and oxygen atoms in total. The maximum atomic E-state index is 9.96. The van der Waals surface area contributed by atoms with Crippen molar-refractivity contribution in [1.29, 1.82) is 0 Å². The van der Waals surface area contributed by atoms with Gasteiger partial charge in [0.15, 0.2) is 0 Å². The fraction of sp³-hybridized carbons (Fsp3) is 0.667. The van der Waals surface area contributed by atoms with Crippen LogP contribution in [0.5, 0.6) is 0 Å². The number of aliphatic hydroxyl groups excluding tert-OH is 8. The van der Waals surface area contributed by atoms with Crippen molar-refractivity contribution >= 4 is 99.4 Å². The van der Waals surface area contributed by atoms with Gasteiger partial charge in [-0.15, -0.1) is 0 Å². The van der Waals surface area contributed by atoms with Crippen molar-refractivity contribution in [2.45, 2.75) is 48.8 Å². The molecule has 0 rings (SSSR count). The summed E-state index contributed by atoms with van der Waals surface area (Å²) in [6.07, 6.45) is -19.5. The Morgan fingerprint density at radius 3 is 0.567 bits per heavy atom. The molecule has 0 heterocycles. The van der Waals surface area contributed by atoms with E-state index in [-0.39, 0.29) is 75.5 Å². The minimum Gasteiger partial charge on any atom is -0.547 e. The molecule has 164 valence electrons. The zero-order valence-corrected chi connectivity index (χ0v) is 19.3. The molecule has 0 aliphatic carbocycles. The molecule has 18 heteroatoms. The number of carboxylic acids is 4. The van der Waals surface area contributed by atoms with Crippen LogP contribution in [-0.4, -0.2) is 189 Å². The summed E-state index contributed by atoms with van der Waals surface area (Å²) in [5.41, 5.74) is 0.